The van der Waals surface area contributed by atoms with Crippen LogP contribution in [0.25, 0.3) is 11.1 Å². The van der Waals surface area contributed by atoms with Crippen molar-refractivity contribution in [2.45, 2.75) is 26.1 Å². The molecule has 0 saturated carbocycles. The van der Waals surface area contributed by atoms with Gasteiger partial charge >= 0.3 is 11.8 Å². The van der Waals surface area contributed by atoms with Gasteiger partial charge in [-0.05, 0) is 43.7 Å². The first-order valence-corrected chi connectivity index (χ1v) is 9.15. The molecular formula is C20H20F3N5O3. The van der Waals surface area contributed by atoms with Gasteiger partial charge in [0.15, 0.2) is 0 Å². The fourth-order valence-electron chi connectivity index (χ4n) is 2.99. The Balaban J connectivity index is 2.09. The van der Waals surface area contributed by atoms with Crippen molar-refractivity contribution in [2.24, 2.45) is 0 Å². The maximum Gasteiger partial charge on any atom is 0.416 e. The van der Waals surface area contributed by atoms with E-state index < -0.39 is 29.3 Å². The molecule has 2 heterocycles. The van der Waals surface area contributed by atoms with Crippen LogP contribution >= 0.6 is 0 Å². The molecule has 0 fully saturated rings. The number of alkyl halides is 3. The van der Waals surface area contributed by atoms with Crippen LogP contribution in [0.5, 0.6) is 0 Å². The van der Waals surface area contributed by atoms with Crippen LogP contribution in [0.1, 0.15) is 40.3 Å². The average Bonchev–Trinajstić information content (AvgIpc) is 2.65. The van der Waals surface area contributed by atoms with Gasteiger partial charge < -0.3 is 20.4 Å². The molecule has 1 atom stereocenters. The Bertz CT molecular complexity index is 1220. The van der Waals surface area contributed by atoms with Gasteiger partial charge in [0.1, 0.15) is 17.2 Å². The Morgan fingerprint density at radius 2 is 1.87 bits per heavy atom. The molecule has 1 aromatic carbocycles. The fraction of sp³-hybridized carbons (Fsp3) is 0.300. The number of rotatable bonds is 4. The Labute approximate surface area is 174 Å². The van der Waals surface area contributed by atoms with Crippen molar-refractivity contribution < 1.29 is 22.4 Å². The molecule has 164 valence electrons. The van der Waals surface area contributed by atoms with E-state index in [1.165, 1.54) is 31.1 Å². The van der Waals surface area contributed by atoms with Crippen LogP contribution in [-0.2, 0) is 6.18 Å². The number of nitrogens with one attached hydrogen (secondary N) is 1. The summed E-state index contributed by atoms with van der Waals surface area (Å²) >= 11 is 0. The SMILES string of the molecule is Cc1nc(N[C@H](C)c2cc(N)cc(C(F)(F)F)c2)c2cc(C(=O)N(C)C)c(=O)oc2n1. The summed E-state index contributed by atoms with van der Waals surface area (Å²) in [6, 6.07) is 3.92. The van der Waals surface area contributed by atoms with E-state index in [1.54, 1.807) is 13.8 Å². The zero-order valence-corrected chi connectivity index (χ0v) is 17.2. The summed E-state index contributed by atoms with van der Waals surface area (Å²) in [6.45, 7) is 3.19. The summed E-state index contributed by atoms with van der Waals surface area (Å²) < 4.78 is 44.6. The second-order valence-electron chi connectivity index (χ2n) is 7.24. The first kappa shape index (κ1) is 22.1. The van der Waals surface area contributed by atoms with E-state index in [1.807, 2.05) is 0 Å². The summed E-state index contributed by atoms with van der Waals surface area (Å²) in [4.78, 5) is 34.0. The zero-order valence-electron chi connectivity index (χ0n) is 17.2. The van der Waals surface area contributed by atoms with Gasteiger partial charge in [-0.15, -0.1) is 0 Å². The highest BCUT2D eigenvalue weighted by Crippen LogP contribution is 2.33. The average molecular weight is 435 g/mol. The molecule has 0 aliphatic carbocycles. The number of aromatic nitrogens is 2. The van der Waals surface area contributed by atoms with E-state index in [0.29, 0.717) is 0 Å². The lowest BCUT2D eigenvalue weighted by atomic mass is 10.0. The van der Waals surface area contributed by atoms with Gasteiger partial charge in [0.05, 0.1) is 17.0 Å². The molecule has 11 heteroatoms. The molecule has 31 heavy (non-hydrogen) atoms. The molecule has 3 N–H and O–H groups in total. The highest BCUT2D eigenvalue weighted by molar-refractivity contribution is 5.98. The molecule has 2 aromatic heterocycles. The van der Waals surface area contributed by atoms with E-state index >= 15 is 0 Å². The number of nitrogens with two attached hydrogens (primary N) is 1. The van der Waals surface area contributed by atoms with Crippen molar-refractivity contribution in [1.29, 1.82) is 0 Å². The lowest BCUT2D eigenvalue weighted by Crippen LogP contribution is -2.27. The van der Waals surface area contributed by atoms with Crippen molar-refractivity contribution in [2.75, 3.05) is 25.1 Å². The molecule has 3 rings (SSSR count). The predicted octanol–water partition coefficient (Wildman–Crippen LogP) is 3.37. The number of carbonyl (C=O) groups is 1. The van der Waals surface area contributed by atoms with Gasteiger partial charge in [0.2, 0.25) is 5.71 Å². The van der Waals surface area contributed by atoms with E-state index in [2.05, 4.69) is 15.3 Å². The number of halogens is 3. The van der Waals surface area contributed by atoms with Gasteiger partial charge in [0.25, 0.3) is 5.91 Å². The number of hydrogen-bond acceptors (Lipinski definition) is 7. The summed E-state index contributed by atoms with van der Waals surface area (Å²) in [5.41, 5.74) is 3.90. The predicted molar refractivity (Wildman–Crippen MR) is 109 cm³/mol. The van der Waals surface area contributed by atoms with Gasteiger partial charge in [-0.2, -0.15) is 18.2 Å². The summed E-state index contributed by atoms with van der Waals surface area (Å²) in [5.74, 6) is -0.107. The quantitative estimate of drug-likeness (QED) is 0.604. The normalized spacial score (nSPS) is 12.6. The minimum Gasteiger partial charge on any atom is -0.403 e. The van der Waals surface area contributed by atoms with E-state index in [-0.39, 0.29) is 39.6 Å². The standard InChI is InChI=1S/C20H20F3N5O3/c1-9(11-5-12(20(21,22)23)7-13(24)6-11)25-16-14-8-15(18(29)28(3)4)19(30)31-17(14)27-10(2)26-16/h5-9H,24H2,1-4H3,(H,25,26,27)/t9-/m1/s1. The minimum atomic E-state index is -4.55. The maximum atomic E-state index is 13.1. The number of benzene rings is 1. The monoisotopic (exact) mass is 435 g/mol. The molecule has 0 saturated heterocycles. The Kier molecular flexibility index (Phi) is 5.62. The minimum absolute atomic E-state index is 0.0351. The first-order chi connectivity index (χ1) is 14.4. The number of carbonyl (C=O) groups excluding carboxylic acids is 1. The van der Waals surface area contributed by atoms with Crippen LogP contribution in [0, 0.1) is 6.92 Å². The molecular weight excluding hydrogens is 415 g/mol. The third kappa shape index (κ3) is 4.60. The number of hydrogen-bond donors (Lipinski definition) is 2. The molecule has 0 aliphatic rings. The van der Waals surface area contributed by atoms with Crippen molar-refractivity contribution >= 4 is 28.5 Å². The number of amides is 1. The van der Waals surface area contributed by atoms with Crippen LogP contribution in [0.15, 0.2) is 33.5 Å². The summed E-state index contributed by atoms with van der Waals surface area (Å²) in [5, 5.41) is 3.24. The topological polar surface area (TPSA) is 114 Å². The molecule has 0 bridgehead atoms. The number of fused-ring (bicyclic) bond motifs is 1. The number of nitrogen functional groups attached to an aromatic ring is 1. The second-order valence-corrected chi connectivity index (χ2v) is 7.24. The van der Waals surface area contributed by atoms with Crippen LogP contribution in [0.2, 0.25) is 0 Å². The van der Waals surface area contributed by atoms with Gasteiger partial charge in [-0.25, -0.2) is 9.78 Å². The van der Waals surface area contributed by atoms with E-state index in [0.717, 1.165) is 12.1 Å². The van der Waals surface area contributed by atoms with Crippen molar-refractivity contribution in [3.8, 4) is 0 Å². The number of nitrogens with zero attached hydrogens (tertiary/aromatic N) is 3. The molecule has 8 nitrogen and oxygen atoms in total. The van der Waals surface area contributed by atoms with Crippen LogP contribution < -0.4 is 16.7 Å². The van der Waals surface area contributed by atoms with Crippen LogP contribution in [-0.4, -0.2) is 34.9 Å². The molecule has 0 spiro atoms. The van der Waals surface area contributed by atoms with Gasteiger partial charge in [-0.1, -0.05) is 0 Å². The molecule has 3 aromatic rings. The number of anilines is 2. The number of aryl methyl sites for hydroxylation is 1. The third-order valence-electron chi connectivity index (χ3n) is 4.52. The van der Waals surface area contributed by atoms with Crippen molar-refractivity contribution in [3.05, 3.63) is 57.2 Å². The van der Waals surface area contributed by atoms with Crippen LogP contribution in [0.4, 0.5) is 24.7 Å². The smallest absolute Gasteiger partial charge is 0.403 e. The lowest BCUT2D eigenvalue weighted by Gasteiger charge is -2.19. The Morgan fingerprint density at radius 3 is 2.48 bits per heavy atom. The van der Waals surface area contributed by atoms with Gasteiger partial charge in [-0.3, -0.25) is 4.79 Å². The zero-order chi connectivity index (χ0) is 23.1. The third-order valence-corrected chi connectivity index (χ3v) is 4.52. The van der Waals surface area contributed by atoms with Gasteiger partial charge in [0, 0.05) is 19.8 Å². The fourth-order valence-corrected chi connectivity index (χ4v) is 2.99. The molecule has 0 unspecified atom stereocenters. The van der Waals surface area contributed by atoms with E-state index in [4.69, 9.17) is 10.2 Å². The highest BCUT2D eigenvalue weighted by atomic mass is 19.4. The van der Waals surface area contributed by atoms with Crippen molar-refractivity contribution in [3.63, 3.8) is 0 Å². The largest absolute Gasteiger partial charge is 0.416 e. The maximum absolute atomic E-state index is 13.1. The highest BCUT2D eigenvalue weighted by Gasteiger charge is 2.31. The van der Waals surface area contributed by atoms with E-state index in [9.17, 15) is 22.8 Å². The van der Waals surface area contributed by atoms with Crippen molar-refractivity contribution in [1.82, 2.24) is 14.9 Å². The second kappa shape index (κ2) is 7.89. The Hall–Kier alpha value is -3.63. The van der Waals surface area contributed by atoms with Crippen LogP contribution in [0.3, 0.4) is 0 Å². The first-order valence-electron chi connectivity index (χ1n) is 9.15. The molecule has 0 radical (unpaired) electrons. The summed E-state index contributed by atoms with van der Waals surface area (Å²) in [7, 11) is 2.97. The summed E-state index contributed by atoms with van der Waals surface area (Å²) in [6.07, 6.45) is -4.55. The lowest BCUT2D eigenvalue weighted by molar-refractivity contribution is -0.137. The Morgan fingerprint density at radius 1 is 1.19 bits per heavy atom. The molecule has 0 aliphatic heterocycles. The molecule has 1 amide bonds.